The van der Waals surface area contributed by atoms with Crippen molar-refractivity contribution in [3.05, 3.63) is 24.3 Å². The number of carbonyl (C=O) groups excluding carboxylic acids is 2. The number of esters is 1. The number of hydrogen-bond acceptors (Lipinski definition) is 5. The van der Waals surface area contributed by atoms with Crippen LogP contribution in [-0.4, -0.2) is 47.4 Å². The fraction of sp³-hybridized carbons (Fsp3) is 0.875. The summed E-state index contributed by atoms with van der Waals surface area (Å²) >= 11 is 0. The van der Waals surface area contributed by atoms with Crippen LogP contribution in [-0.2, 0) is 14.3 Å². The minimum absolute atomic E-state index is 0.0326. The van der Waals surface area contributed by atoms with Gasteiger partial charge in [0.15, 0.2) is 0 Å². The van der Waals surface area contributed by atoms with Crippen molar-refractivity contribution in [2.75, 3.05) is 13.2 Å². The van der Waals surface area contributed by atoms with E-state index in [9.17, 15) is 19.8 Å². The summed E-state index contributed by atoms with van der Waals surface area (Å²) in [5, 5.41) is 23.1. The van der Waals surface area contributed by atoms with E-state index in [4.69, 9.17) is 4.74 Å². The van der Waals surface area contributed by atoms with E-state index in [1.807, 2.05) is 0 Å². The Morgan fingerprint density at radius 3 is 1.33 bits per heavy atom. The SMILES string of the molecule is CCCCCC/C=C\CCCCCCCC(=O)OCCCCC/C=C\CCCCCCCC(=O)NC(CO)C(O)CCCCCCCCCCCCCC. The Morgan fingerprint density at radius 2 is 0.870 bits per heavy atom. The fourth-order valence-electron chi connectivity index (χ4n) is 7.04. The highest BCUT2D eigenvalue weighted by atomic mass is 16.5. The lowest BCUT2D eigenvalue weighted by atomic mass is 10.0. The minimum atomic E-state index is -0.679. The number of ether oxygens (including phenoxy) is 1. The molecule has 54 heavy (non-hydrogen) atoms. The number of unbranched alkanes of at least 4 members (excludes halogenated alkanes) is 28. The zero-order chi connectivity index (χ0) is 39.4. The number of aliphatic hydroxyl groups is 2. The zero-order valence-corrected chi connectivity index (χ0v) is 36.0. The second-order valence-electron chi connectivity index (χ2n) is 16.1. The van der Waals surface area contributed by atoms with Gasteiger partial charge in [0.25, 0.3) is 0 Å². The average Bonchev–Trinajstić information content (AvgIpc) is 3.17. The summed E-state index contributed by atoms with van der Waals surface area (Å²) in [5.41, 5.74) is 0. The molecule has 0 spiro atoms. The number of carbonyl (C=O) groups is 2. The van der Waals surface area contributed by atoms with Crippen molar-refractivity contribution in [1.82, 2.24) is 5.32 Å². The standard InChI is InChI=1S/C48H91NO5/c1-3-5-7-9-11-13-15-17-22-26-30-34-38-42-48(53)54-43-39-35-31-27-23-19-18-21-25-29-33-37-41-47(52)49-45(44-50)46(51)40-36-32-28-24-20-16-14-12-10-8-6-4-2/h13,15,19,23,45-46,50-51H,3-12,14,16-18,20-22,24-44H2,1-2H3,(H,49,52)/b15-13-,23-19-. The van der Waals surface area contributed by atoms with Gasteiger partial charge in [-0.25, -0.2) is 0 Å². The Kier molecular flexibility index (Phi) is 42.7. The number of aliphatic hydroxyl groups excluding tert-OH is 2. The molecule has 6 heteroatoms. The van der Waals surface area contributed by atoms with Gasteiger partial charge in [-0.05, 0) is 83.5 Å². The maximum absolute atomic E-state index is 12.4. The highest BCUT2D eigenvalue weighted by molar-refractivity contribution is 5.76. The third-order valence-electron chi connectivity index (χ3n) is 10.7. The second kappa shape index (κ2) is 44.1. The predicted molar refractivity (Wildman–Crippen MR) is 232 cm³/mol. The molecule has 0 radical (unpaired) electrons. The van der Waals surface area contributed by atoms with E-state index in [1.165, 1.54) is 135 Å². The molecule has 0 aromatic carbocycles. The lowest BCUT2D eigenvalue weighted by molar-refractivity contribution is -0.143. The summed E-state index contributed by atoms with van der Waals surface area (Å²) in [6.45, 7) is 4.86. The van der Waals surface area contributed by atoms with Gasteiger partial charge in [-0.15, -0.1) is 0 Å². The number of amides is 1. The number of rotatable bonds is 43. The first-order valence-corrected chi connectivity index (χ1v) is 23.6. The average molecular weight is 762 g/mol. The molecule has 2 unspecified atom stereocenters. The first kappa shape index (κ1) is 52.3. The van der Waals surface area contributed by atoms with Crippen LogP contribution in [0.25, 0.3) is 0 Å². The third kappa shape index (κ3) is 40.0. The first-order chi connectivity index (χ1) is 26.5. The monoisotopic (exact) mass is 762 g/mol. The molecular weight excluding hydrogens is 671 g/mol. The molecule has 0 fully saturated rings. The number of allylic oxidation sites excluding steroid dienone is 4. The van der Waals surface area contributed by atoms with Crippen molar-refractivity contribution >= 4 is 11.9 Å². The maximum Gasteiger partial charge on any atom is 0.305 e. The predicted octanol–water partition coefficient (Wildman–Crippen LogP) is 13.6. The van der Waals surface area contributed by atoms with Crippen LogP contribution < -0.4 is 5.32 Å². The van der Waals surface area contributed by atoms with Gasteiger partial charge in [0, 0.05) is 12.8 Å². The van der Waals surface area contributed by atoms with Crippen LogP contribution >= 0.6 is 0 Å². The van der Waals surface area contributed by atoms with Crippen molar-refractivity contribution < 1.29 is 24.5 Å². The molecule has 0 aliphatic carbocycles. The highest BCUT2D eigenvalue weighted by Gasteiger charge is 2.20. The summed E-state index contributed by atoms with van der Waals surface area (Å²) in [7, 11) is 0. The summed E-state index contributed by atoms with van der Waals surface area (Å²) in [5.74, 6) is -0.0954. The summed E-state index contributed by atoms with van der Waals surface area (Å²) in [4.78, 5) is 24.4. The van der Waals surface area contributed by atoms with E-state index in [-0.39, 0.29) is 18.5 Å². The first-order valence-electron chi connectivity index (χ1n) is 23.6. The molecule has 0 aliphatic heterocycles. The molecule has 0 aromatic heterocycles. The van der Waals surface area contributed by atoms with Gasteiger partial charge < -0.3 is 20.3 Å². The topological polar surface area (TPSA) is 95.9 Å². The molecule has 0 aromatic rings. The van der Waals surface area contributed by atoms with Crippen LogP contribution in [0.3, 0.4) is 0 Å². The van der Waals surface area contributed by atoms with Gasteiger partial charge in [-0.2, -0.15) is 0 Å². The van der Waals surface area contributed by atoms with Crippen LogP contribution in [0.4, 0.5) is 0 Å². The molecule has 6 nitrogen and oxygen atoms in total. The molecule has 0 heterocycles. The van der Waals surface area contributed by atoms with E-state index in [0.29, 0.717) is 25.9 Å². The van der Waals surface area contributed by atoms with Crippen molar-refractivity contribution in [2.24, 2.45) is 0 Å². The molecule has 2 atom stereocenters. The molecule has 1 amide bonds. The van der Waals surface area contributed by atoms with Gasteiger partial charge in [-0.1, -0.05) is 173 Å². The summed E-state index contributed by atoms with van der Waals surface area (Å²) < 4.78 is 5.42. The molecule has 0 bridgehead atoms. The highest BCUT2D eigenvalue weighted by Crippen LogP contribution is 2.15. The van der Waals surface area contributed by atoms with Crippen LogP contribution in [0.15, 0.2) is 24.3 Å². The molecule has 3 N–H and O–H groups in total. The van der Waals surface area contributed by atoms with E-state index in [1.54, 1.807) is 0 Å². The van der Waals surface area contributed by atoms with E-state index < -0.39 is 12.1 Å². The van der Waals surface area contributed by atoms with Crippen molar-refractivity contribution in [2.45, 2.75) is 257 Å². The van der Waals surface area contributed by atoms with Gasteiger partial charge in [0.2, 0.25) is 5.91 Å². The Morgan fingerprint density at radius 1 is 0.500 bits per heavy atom. The smallest absolute Gasteiger partial charge is 0.305 e. The molecular formula is C48H91NO5. The van der Waals surface area contributed by atoms with E-state index in [0.717, 1.165) is 77.0 Å². The minimum Gasteiger partial charge on any atom is -0.466 e. The quantitative estimate of drug-likeness (QED) is 0.0327. The zero-order valence-electron chi connectivity index (χ0n) is 36.0. The lowest BCUT2D eigenvalue weighted by Crippen LogP contribution is -2.45. The van der Waals surface area contributed by atoms with Crippen molar-refractivity contribution in [1.29, 1.82) is 0 Å². The fourth-order valence-corrected chi connectivity index (χ4v) is 7.04. The Bertz CT molecular complexity index is 843. The van der Waals surface area contributed by atoms with E-state index >= 15 is 0 Å². The van der Waals surface area contributed by atoms with Crippen molar-refractivity contribution in [3.63, 3.8) is 0 Å². The van der Waals surface area contributed by atoms with Crippen molar-refractivity contribution in [3.8, 4) is 0 Å². The van der Waals surface area contributed by atoms with Crippen LogP contribution in [0.2, 0.25) is 0 Å². The largest absolute Gasteiger partial charge is 0.466 e. The number of nitrogens with one attached hydrogen (secondary N) is 1. The molecule has 0 rings (SSSR count). The van der Waals surface area contributed by atoms with Gasteiger partial charge in [-0.3, -0.25) is 9.59 Å². The van der Waals surface area contributed by atoms with Crippen LogP contribution in [0.1, 0.15) is 245 Å². The third-order valence-corrected chi connectivity index (χ3v) is 10.7. The Labute approximate surface area is 335 Å². The Hall–Kier alpha value is -1.66. The summed E-state index contributed by atoms with van der Waals surface area (Å²) in [6.07, 6.45) is 49.9. The maximum atomic E-state index is 12.4. The van der Waals surface area contributed by atoms with Crippen LogP contribution in [0, 0.1) is 0 Å². The normalized spacial score (nSPS) is 12.9. The Balaban J connectivity index is 3.52. The molecule has 318 valence electrons. The molecule has 0 saturated heterocycles. The van der Waals surface area contributed by atoms with Gasteiger partial charge >= 0.3 is 5.97 Å². The summed E-state index contributed by atoms with van der Waals surface area (Å²) in [6, 6.07) is -0.559. The van der Waals surface area contributed by atoms with Gasteiger partial charge in [0.1, 0.15) is 0 Å². The van der Waals surface area contributed by atoms with Crippen LogP contribution in [0.5, 0.6) is 0 Å². The molecule has 0 saturated carbocycles. The van der Waals surface area contributed by atoms with Gasteiger partial charge in [0.05, 0.1) is 25.4 Å². The number of hydrogen-bond donors (Lipinski definition) is 3. The lowest BCUT2D eigenvalue weighted by Gasteiger charge is -2.22. The molecule has 0 aliphatic rings. The second-order valence-corrected chi connectivity index (χ2v) is 16.1. The van der Waals surface area contributed by atoms with E-state index in [2.05, 4.69) is 43.5 Å².